The number of nitriles is 1. The second kappa shape index (κ2) is 5.71. The van der Waals surface area contributed by atoms with Gasteiger partial charge in [0.1, 0.15) is 11.1 Å². The highest BCUT2D eigenvalue weighted by Crippen LogP contribution is 2.32. The lowest BCUT2D eigenvalue weighted by molar-refractivity contribution is 1.05. The molecule has 0 N–H and O–H groups in total. The first-order valence-electron chi connectivity index (χ1n) is 4.86. The van der Waals surface area contributed by atoms with Crippen LogP contribution >= 0.6 is 23.5 Å². The predicted molar refractivity (Wildman–Crippen MR) is 69.1 cm³/mol. The molecule has 3 nitrogen and oxygen atoms in total. The zero-order chi connectivity index (χ0) is 12.1. The zero-order valence-electron chi connectivity index (χ0n) is 9.12. The molecule has 0 aliphatic rings. The number of rotatable bonds is 3. The van der Waals surface area contributed by atoms with Crippen LogP contribution in [0.4, 0.5) is 0 Å². The van der Waals surface area contributed by atoms with Crippen LogP contribution in [0.25, 0.3) is 0 Å². The first-order valence-corrected chi connectivity index (χ1v) is 6.90. The molecule has 0 aliphatic carbocycles. The van der Waals surface area contributed by atoms with E-state index >= 15 is 0 Å². The summed E-state index contributed by atoms with van der Waals surface area (Å²) >= 11 is 3.03. The summed E-state index contributed by atoms with van der Waals surface area (Å²) in [5.74, 6) is 0. The number of aromatic nitrogens is 2. The van der Waals surface area contributed by atoms with Crippen molar-refractivity contribution >= 4 is 23.5 Å². The molecule has 0 fully saturated rings. The SMILES string of the molecule is CSc1cccc(Sc2cnccn2)c1C#N. The molecular formula is C12H9N3S2. The molecule has 5 heteroatoms. The van der Waals surface area contributed by atoms with Gasteiger partial charge >= 0.3 is 0 Å². The lowest BCUT2D eigenvalue weighted by atomic mass is 10.2. The minimum Gasteiger partial charge on any atom is -0.260 e. The molecule has 0 atom stereocenters. The smallest absolute Gasteiger partial charge is 0.119 e. The lowest BCUT2D eigenvalue weighted by Crippen LogP contribution is -1.87. The molecule has 0 spiro atoms. The monoisotopic (exact) mass is 259 g/mol. The predicted octanol–water partition coefficient (Wildman–Crippen LogP) is 3.22. The molecule has 2 aromatic rings. The van der Waals surface area contributed by atoms with E-state index in [4.69, 9.17) is 0 Å². The Hall–Kier alpha value is -1.51. The Kier molecular flexibility index (Phi) is 4.02. The molecule has 1 heterocycles. The first kappa shape index (κ1) is 12.0. The van der Waals surface area contributed by atoms with Crippen LogP contribution in [0.15, 0.2) is 51.6 Å². The Morgan fingerprint density at radius 1 is 1.24 bits per heavy atom. The van der Waals surface area contributed by atoms with Gasteiger partial charge in [-0.2, -0.15) is 5.26 Å². The maximum absolute atomic E-state index is 9.20. The van der Waals surface area contributed by atoms with Crippen LogP contribution < -0.4 is 0 Å². The summed E-state index contributed by atoms with van der Waals surface area (Å²) < 4.78 is 0. The fourth-order valence-corrected chi connectivity index (χ4v) is 2.82. The van der Waals surface area contributed by atoms with Gasteiger partial charge in [-0.3, -0.25) is 4.98 Å². The van der Waals surface area contributed by atoms with Crippen molar-refractivity contribution in [1.29, 1.82) is 5.26 Å². The number of thioether (sulfide) groups is 1. The molecule has 0 saturated heterocycles. The largest absolute Gasteiger partial charge is 0.260 e. The number of hydrogen-bond donors (Lipinski definition) is 0. The van der Waals surface area contributed by atoms with Gasteiger partial charge in [0.25, 0.3) is 0 Å². The van der Waals surface area contributed by atoms with Gasteiger partial charge in [0, 0.05) is 22.2 Å². The van der Waals surface area contributed by atoms with E-state index in [1.807, 2.05) is 24.5 Å². The van der Waals surface area contributed by atoms with Gasteiger partial charge in [-0.15, -0.1) is 11.8 Å². The second-order valence-electron chi connectivity index (χ2n) is 3.09. The van der Waals surface area contributed by atoms with Crippen molar-refractivity contribution < 1.29 is 0 Å². The average molecular weight is 259 g/mol. The molecule has 0 bridgehead atoms. The molecule has 1 aromatic heterocycles. The third-order valence-corrected chi connectivity index (χ3v) is 3.83. The number of hydrogen-bond acceptors (Lipinski definition) is 5. The van der Waals surface area contributed by atoms with E-state index in [0.29, 0.717) is 5.56 Å². The van der Waals surface area contributed by atoms with Crippen molar-refractivity contribution in [3.05, 3.63) is 42.4 Å². The summed E-state index contributed by atoms with van der Waals surface area (Å²) in [6, 6.07) is 8.07. The van der Waals surface area contributed by atoms with E-state index in [0.717, 1.165) is 14.8 Å². The normalized spacial score (nSPS) is 9.88. The van der Waals surface area contributed by atoms with Gasteiger partial charge in [0.15, 0.2) is 0 Å². The van der Waals surface area contributed by atoms with E-state index in [-0.39, 0.29) is 0 Å². The van der Waals surface area contributed by atoms with Gasteiger partial charge in [0.2, 0.25) is 0 Å². The lowest BCUT2D eigenvalue weighted by Gasteiger charge is -2.06. The van der Waals surface area contributed by atoms with Gasteiger partial charge < -0.3 is 0 Å². The van der Waals surface area contributed by atoms with Crippen molar-refractivity contribution in [2.45, 2.75) is 14.8 Å². The van der Waals surface area contributed by atoms with Crippen LogP contribution in [0, 0.1) is 11.3 Å². The van der Waals surface area contributed by atoms with Gasteiger partial charge in [0.05, 0.1) is 11.8 Å². The quantitative estimate of drug-likeness (QED) is 0.792. The Balaban J connectivity index is 2.37. The minimum absolute atomic E-state index is 0.704. The van der Waals surface area contributed by atoms with Crippen molar-refractivity contribution in [3.8, 4) is 6.07 Å². The highest BCUT2D eigenvalue weighted by atomic mass is 32.2. The maximum atomic E-state index is 9.20. The summed E-state index contributed by atoms with van der Waals surface area (Å²) in [5.41, 5.74) is 0.704. The van der Waals surface area contributed by atoms with E-state index in [1.54, 1.807) is 30.4 Å². The van der Waals surface area contributed by atoms with Crippen LogP contribution in [0.3, 0.4) is 0 Å². The fourth-order valence-electron chi connectivity index (χ4n) is 1.33. The molecule has 17 heavy (non-hydrogen) atoms. The molecule has 2 rings (SSSR count). The third kappa shape index (κ3) is 2.78. The van der Waals surface area contributed by atoms with Gasteiger partial charge in [-0.25, -0.2) is 4.98 Å². The first-order chi connectivity index (χ1) is 8.35. The number of benzene rings is 1. The van der Waals surface area contributed by atoms with E-state index in [1.165, 1.54) is 11.8 Å². The molecule has 0 saturated carbocycles. The second-order valence-corrected chi connectivity index (χ2v) is 5.00. The Morgan fingerprint density at radius 3 is 2.71 bits per heavy atom. The number of nitrogens with zero attached hydrogens (tertiary/aromatic N) is 3. The zero-order valence-corrected chi connectivity index (χ0v) is 10.8. The van der Waals surface area contributed by atoms with Crippen LogP contribution in [0.2, 0.25) is 0 Å². The topological polar surface area (TPSA) is 49.6 Å². The standard InChI is InChI=1S/C12H9N3S2/c1-16-10-3-2-4-11(9(10)7-13)17-12-8-14-5-6-15-12/h2-6,8H,1H3. The summed E-state index contributed by atoms with van der Waals surface area (Å²) in [6.45, 7) is 0. The summed E-state index contributed by atoms with van der Waals surface area (Å²) in [4.78, 5) is 10.1. The molecule has 84 valence electrons. The molecular weight excluding hydrogens is 250 g/mol. The van der Waals surface area contributed by atoms with Crippen LogP contribution in [-0.4, -0.2) is 16.2 Å². The molecule has 0 unspecified atom stereocenters. The van der Waals surface area contributed by atoms with Crippen molar-refractivity contribution in [2.75, 3.05) is 6.26 Å². The van der Waals surface area contributed by atoms with Crippen molar-refractivity contribution in [2.24, 2.45) is 0 Å². The summed E-state index contributed by atoms with van der Waals surface area (Å²) in [5, 5.41) is 9.99. The summed E-state index contributed by atoms with van der Waals surface area (Å²) in [6.07, 6.45) is 6.94. The molecule has 0 amide bonds. The van der Waals surface area contributed by atoms with Crippen molar-refractivity contribution in [3.63, 3.8) is 0 Å². The third-order valence-electron chi connectivity index (χ3n) is 2.07. The average Bonchev–Trinajstić information content (AvgIpc) is 2.39. The van der Waals surface area contributed by atoms with Gasteiger partial charge in [-0.1, -0.05) is 17.8 Å². The molecule has 0 aliphatic heterocycles. The minimum atomic E-state index is 0.704. The van der Waals surface area contributed by atoms with E-state index in [2.05, 4.69) is 16.0 Å². The van der Waals surface area contributed by atoms with Crippen LogP contribution in [-0.2, 0) is 0 Å². The summed E-state index contributed by atoms with van der Waals surface area (Å²) in [7, 11) is 0. The van der Waals surface area contributed by atoms with E-state index < -0.39 is 0 Å². The fraction of sp³-hybridized carbons (Fsp3) is 0.0833. The molecule has 1 aromatic carbocycles. The Morgan fingerprint density at radius 2 is 2.06 bits per heavy atom. The molecule has 0 radical (unpaired) electrons. The maximum Gasteiger partial charge on any atom is 0.119 e. The Labute approximate surface area is 108 Å². The highest BCUT2D eigenvalue weighted by molar-refractivity contribution is 7.99. The van der Waals surface area contributed by atoms with Crippen molar-refractivity contribution in [1.82, 2.24) is 9.97 Å². The van der Waals surface area contributed by atoms with Gasteiger partial charge in [-0.05, 0) is 18.4 Å². The van der Waals surface area contributed by atoms with Crippen LogP contribution in [0.1, 0.15) is 5.56 Å². The Bertz CT molecular complexity index is 549. The van der Waals surface area contributed by atoms with E-state index in [9.17, 15) is 5.26 Å². The van der Waals surface area contributed by atoms with Crippen LogP contribution in [0.5, 0.6) is 0 Å². The highest BCUT2D eigenvalue weighted by Gasteiger charge is 2.09.